The molecule has 19 heteroatoms. The topological polar surface area (TPSA) is 237 Å². The van der Waals surface area contributed by atoms with E-state index < -0.39 is 97.5 Å². The average molecular weight is 1420 g/mol. The van der Waals surface area contributed by atoms with Crippen LogP contribution in [-0.2, 0) is 65.4 Å². The maximum absolute atomic E-state index is 13.1. The van der Waals surface area contributed by atoms with E-state index >= 15 is 0 Å². The molecule has 0 aromatic heterocycles. The van der Waals surface area contributed by atoms with Gasteiger partial charge in [-0.3, -0.25) is 37.3 Å². The summed E-state index contributed by atoms with van der Waals surface area (Å²) in [6, 6.07) is 0. The zero-order chi connectivity index (χ0) is 71.8. The van der Waals surface area contributed by atoms with Gasteiger partial charge in [-0.1, -0.05) is 247 Å². The maximum Gasteiger partial charge on any atom is 0.472 e. The highest BCUT2D eigenvalue weighted by Gasteiger charge is 2.30. The van der Waals surface area contributed by atoms with Crippen LogP contribution in [0.4, 0.5) is 0 Å². The molecule has 0 saturated heterocycles. The Morgan fingerprint density at radius 3 is 0.837 bits per heavy atom. The smallest absolute Gasteiger partial charge is 0.462 e. The van der Waals surface area contributed by atoms with Gasteiger partial charge in [-0.15, -0.1) is 0 Å². The molecule has 5 atom stereocenters. The van der Waals surface area contributed by atoms with Crippen LogP contribution >= 0.6 is 15.6 Å². The quantitative estimate of drug-likeness (QED) is 0.0169. The van der Waals surface area contributed by atoms with E-state index in [-0.39, 0.29) is 25.7 Å². The first kappa shape index (κ1) is 94.0. The number of hydrogen-bond donors (Lipinski definition) is 3. The summed E-state index contributed by atoms with van der Waals surface area (Å²) in [4.78, 5) is 72.8. The van der Waals surface area contributed by atoms with Crippen LogP contribution in [0.1, 0.15) is 323 Å². The molecule has 0 radical (unpaired) electrons. The molecular formula is C79H138O17P2. The van der Waals surface area contributed by atoms with Crippen molar-refractivity contribution in [2.24, 2.45) is 0 Å². The summed E-state index contributed by atoms with van der Waals surface area (Å²) in [6.07, 6.45) is 74.0. The van der Waals surface area contributed by atoms with E-state index in [1.807, 2.05) is 12.2 Å². The van der Waals surface area contributed by atoms with Crippen LogP contribution < -0.4 is 0 Å². The first-order valence-corrected chi connectivity index (χ1v) is 41.5. The third-order valence-electron chi connectivity index (χ3n) is 16.0. The predicted molar refractivity (Wildman–Crippen MR) is 399 cm³/mol. The fourth-order valence-corrected chi connectivity index (χ4v) is 11.6. The number of carbonyl (C=O) groups is 4. The number of hydrogen-bond acceptors (Lipinski definition) is 15. The number of phosphoric ester groups is 2. The fourth-order valence-electron chi connectivity index (χ4n) is 10.1. The maximum atomic E-state index is 13.1. The second kappa shape index (κ2) is 71.4. The second-order valence-electron chi connectivity index (χ2n) is 25.6. The number of aliphatic hydroxyl groups excluding tert-OH is 1. The van der Waals surface area contributed by atoms with Crippen LogP contribution in [0, 0.1) is 0 Å². The van der Waals surface area contributed by atoms with Gasteiger partial charge in [-0.05, 0) is 148 Å². The first-order chi connectivity index (χ1) is 47.7. The van der Waals surface area contributed by atoms with Gasteiger partial charge in [-0.2, -0.15) is 0 Å². The summed E-state index contributed by atoms with van der Waals surface area (Å²) in [5.74, 6) is -2.26. The van der Waals surface area contributed by atoms with Gasteiger partial charge < -0.3 is 33.8 Å². The second-order valence-corrected chi connectivity index (χ2v) is 28.5. The Morgan fingerprint density at radius 2 is 0.510 bits per heavy atom. The van der Waals surface area contributed by atoms with E-state index in [1.165, 1.54) is 89.9 Å². The Bertz CT molecular complexity index is 2240. The molecule has 0 aliphatic rings. The predicted octanol–water partition coefficient (Wildman–Crippen LogP) is 22.0. The lowest BCUT2D eigenvalue weighted by Crippen LogP contribution is -2.30. The van der Waals surface area contributed by atoms with E-state index in [0.717, 1.165) is 148 Å². The molecule has 0 heterocycles. The molecule has 566 valence electrons. The van der Waals surface area contributed by atoms with Crippen LogP contribution in [-0.4, -0.2) is 96.7 Å². The normalized spacial score (nSPS) is 14.5. The summed E-state index contributed by atoms with van der Waals surface area (Å²) in [6.45, 7) is 4.71. The molecule has 2 unspecified atom stereocenters. The van der Waals surface area contributed by atoms with Crippen molar-refractivity contribution in [1.82, 2.24) is 0 Å². The number of phosphoric acid groups is 2. The van der Waals surface area contributed by atoms with Crippen molar-refractivity contribution < 1.29 is 80.2 Å². The molecular weight excluding hydrogens is 1280 g/mol. The molecule has 0 rings (SSSR count). The molecule has 0 aliphatic carbocycles. The summed E-state index contributed by atoms with van der Waals surface area (Å²) < 4.78 is 68.4. The number of rotatable bonds is 72. The number of aliphatic hydroxyl groups is 1. The van der Waals surface area contributed by atoms with E-state index in [1.54, 1.807) is 0 Å². The molecule has 0 fully saturated rings. The van der Waals surface area contributed by atoms with Crippen molar-refractivity contribution in [2.75, 3.05) is 39.6 Å². The molecule has 0 spiro atoms. The van der Waals surface area contributed by atoms with Crippen molar-refractivity contribution in [3.63, 3.8) is 0 Å². The SMILES string of the molecule is CCCCC/C=C\C/C=C\C/C=C\C/C=C\CCCC(=O)O[C@H](COC(=O)CCCCCCC/C=C\CCCCCC)COP(=O)(O)OC[C@H](O)COP(=O)(O)OC[C@@H](COC(=O)CCCCCCC/C=C\C/C=C\CCCCC)OC(=O)CCCCCCC/C=C\CCCCCC. The molecule has 98 heavy (non-hydrogen) atoms. The van der Waals surface area contributed by atoms with Crippen LogP contribution in [0.25, 0.3) is 0 Å². The third kappa shape index (κ3) is 70.4. The van der Waals surface area contributed by atoms with Crippen LogP contribution in [0.5, 0.6) is 0 Å². The third-order valence-corrected chi connectivity index (χ3v) is 17.9. The molecule has 3 N–H and O–H groups in total. The lowest BCUT2D eigenvalue weighted by atomic mass is 10.1. The lowest BCUT2D eigenvalue weighted by Gasteiger charge is -2.21. The Morgan fingerprint density at radius 1 is 0.286 bits per heavy atom. The Balaban J connectivity index is 5.41. The average Bonchev–Trinajstić information content (AvgIpc) is 1.02. The van der Waals surface area contributed by atoms with E-state index in [0.29, 0.717) is 32.1 Å². The highest BCUT2D eigenvalue weighted by molar-refractivity contribution is 7.47. The van der Waals surface area contributed by atoms with Crippen molar-refractivity contribution in [3.8, 4) is 0 Å². The zero-order valence-corrected chi connectivity index (χ0v) is 63.5. The van der Waals surface area contributed by atoms with E-state index in [9.17, 15) is 43.2 Å². The monoisotopic (exact) mass is 1420 g/mol. The molecule has 0 saturated carbocycles. The van der Waals surface area contributed by atoms with Crippen molar-refractivity contribution >= 4 is 39.5 Å². The Labute approximate surface area is 595 Å². The molecule has 0 bridgehead atoms. The summed E-state index contributed by atoms with van der Waals surface area (Å²) >= 11 is 0. The molecule has 0 amide bonds. The van der Waals surface area contributed by atoms with E-state index in [2.05, 4.69) is 113 Å². The molecule has 17 nitrogen and oxygen atoms in total. The Hall–Kier alpha value is -4.02. The highest BCUT2D eigenvalue weighted by atomic mass is 31.2. The summed E-state index contributed by atoms with van der Waals surface area (Å²) in [5, 5.41) is 10.6. The van der Waals surface area contributed by atoms with Gasteiger partial charge in [0.15, 0.2) is 12.2 Å². The van der Waals surface area contributed by atoms with Gasteiger partial charge in [0.05, 0.1) is 26.4 Å². The van der Waals surface area contributed by atoms with Gasteiger partial charge in [0.1, 0.15) is 19.3 Å². The molecule has 0 aromatic carbocycles. The van der Waals surface area contributed by atoms with Gasteiger partial charge in [0, 0.05) is 25.7 Å². The van der Waals surface area contributed by atoms with Gasteiger partial charge in [-0.25, -0.2) is 9.13 Å². The van der Waals surface area contributed by atoms with Crippen LogP contribution in [0.2, 0.25) is 0 Å². The first-order valence-electron chi connectivity index (χ1n) is 38.5. The van der Waals surface area contributed by atoms with Gasteiger partial charge >= 0.3 is 39.5 Å². The number of carbonyl (C=O) groups excluding carboxylic acids is 4. The van der Waals surface area contributed by atoms with Crippen LogP contribution in [0.3, 0.4) is 0 Å². The minimum Gasteiger partial charge on any atom is -0.462 e. The van der Waals surface area contributed by atoms with Crippen molar-refractivity contribution in [2.45, 2.75) is 341 Å². The molecule has 0 aromatic rings. The summed E-state index contributed by atoms with van der Waals surface area (Å²) in [5.41, 5.74) is 0. The number of allylic oxidation sites excluding steroid dienone is 16. The van der Waals surface area contributed by atoms with Gasteiger partial charge in [0.25, 0.3) is 0 Å². The highest BCUT2D eigenvalue weighted by Crippen LogP contribution is 2.45. The van der Waals surface area contributed by atoms with Crippen molar-refractivity contribution in [1.29, 1.82) is 0 Å². The van der Waals surface area contributed by atoms with Crippen LogP contribution in [0.15, 0.2) is 97.2 Å². The zero-order valence-electron chi connectivity index (χ0n) is 61.7. The van der Waals surface area contributed by atoms with E-state index in [4.69, 9.17) is 37.0 Å². The standard InChI is InChI=1S/C79H138O17P2/c1-5-9-13-17-21-25-29-33-35-36-38-42-46-50-54-58-62-66-79(84)96-75(69-89-76(81)63-59-55-51-47-43-39-31-27-23-19-15-11-7-3)72-94-98(87,88)92-68-73(80)67-91-97(85,86)93-71-74(95-78(83)65-61-57-53-49-45-40-32-28-24-20-16-12-8-4)70-90-77(82)64-60-56-52-48-44-41-37-34-30-26-22-18-14-10-6-2/h21-22,25-28,31-35,37-38,42,50,54,73-75,80H,5-20,23-24,29-30,36,39-41,43-49,51-53,55-72H2,1-4H3,(H,85,86)(H,87,88)/b25-21-,26-22-,31-27-,32-28-,35-33-,37-34-,42-38-,54-50-/t73-,74-,75-/m1/s1. The number of esters is 4. The number of ether oxygens (including phenoxy) is 4. The minimum absolute atomic E-state index is 0.0175. The molecule has 0 aliphatic heterocycles. The summed E-state index contributed by atoms with van der Waals surface area (Å²) in [7, 11) is -9.97. The van der Waals surface area contributed by atoms with Gasteiger partial charge in [0.2, 0.25) is 0 Å². The fraction of sp³-hybridized carbons (Fsp3) is 0.747. The van der Waals surface area contributed by atoms with Crippen molar-refractivity contribution in [3.05, 3.63) is 97.2 Å². The lowest BCUT2D eigenvalue weighted by molar-refractivity contribution is -0.161. The minimum atomic E-state index is -4.99. The number of unbranched alkanes of at least 4 members (excludes halogenated alkanes) is 30. The largest absolute Gasteiger partial charge is 0.472 e. The Kier molecular flexibility index (Phi) is 68.4.